The Hall–Kier alpha value is -2.12. The van der Waals surface area contributed by atoms with Crippen LogP contribution < -0.4 is 4.80 Å². The molecule has 1 N–H and O–H groups in total. The number of furan rings is 1. The van der Waals surface area contributed by atoms with Crippen LogP contribution in [0.4, 0.5) is 0 Å². The number of phenols is 1. The lowest BCUT2D eigenvalue weighted by Crippen LogP contribution is -2.11. The Bertz CT molecular complexity index is 879. The fourth-order valence-corrected chi connectivity index (χ4v) is 3.07. The first-order chi connectivity index (χ1) is 10.7. The van der Waals surface area contributed by atoms with Crippen molar-refractivity contribution < 1.29 is 9.52 Å². The van der Waals surface area contributed by atoms with Gasteiger partial charge in [-0.15, -0.1) is 11.3 Å². The first kappa shape index (κ1) is 14.8. The SMILES string of the molecule is CN=c1scc(-c2ccco2)n1N=Cc1cc(Br)ccc1O. The molecule has 5 nitrogen and oxygen atoms in total. The van der Waals surface area contributed by atoms with Gasteiger partial charge in [-0.1, -0.05) is 15.9 Å². The van der Waals surface area contributed by atoms with Gasteiger partial charge in [0, 0.05) is 22.5 Å². The first-order valence-corrected chi connectivity index (χ1v) is 8.06. The largest absolute Gasteiger partial charge is 0.507 e. The van der Waals surface area contributed by atoms with Gasteiger partial charge in [0.1, 0.15) is 11.4 Å². The van der Waals surface area contributed by atoms with Crippen LogP contribution in [0, 0.1) is 0 Å². The van der Waals surface area contributed by atoms with E-state index in [1.807, 2.05) is 17.5 Å². The summed E-state index contributed by atoms with van der Waals surface area (Å²) in [5.74, 6) is 0.874. The normalized spacial score (nSPS) is 12.4. The van der Waals surface area contributed by atoms with Crippen molar-refractivity contribution in [2.45, 2.75) is 0 Å². The molecule has 0 saturated carbocycles. The molecule has 112 valence electrons. The summed E-state index contributed by atoms with van der Waals surface area (Å²) in [6.07, 6.45) is 3.21. The van der Waals surface area contributed by atoms with E-state index in [1.165, 1.54) is 11.3 Å². The molecule has 0 aliphatic heterocycles. The summed E-state index contributed by atoms with van der Waals surface area (Å²) in [5.41, 5.74) is 1.42. The van der Waals surface area contributed by atoms with E-state index in [2.05, 4.69) is 26.0 Å². The zero-order valence-corrected chi connectivity index (χ0v) is 14.0. The van der Waals surface area contributed by atoms with Gasteiger partial charge < -0.3 is 9.52 Å². The Morgan fingerprint density at radius 1 is 1.36 bits per heavy atom. The van der Waals surface area contributed by atoms with Crippen molar-refractivity contribution in [2.75, 3.05) is 7.05 Å². The Labute approximate surface area is 139 Å². The number of halogens is 1. The number of aromatic nitrogens is 1. The molecular weight excluding hydrogens is 366 g/mol. The number of hydrogen-bond donors (Lipinski definition) is 1. The molecule has 0 atom stereocenters. The Kier molecular flexibility index (Phi) is 4.26. The predicted octanol–water partition coefficient (Wildman–Crippen LogP) is 3.69. The number of benzene rings is 1. The fraction of sp³-hybridized carbons (Fsp3) is 0.0667. The number of hydrogen-bond acceptors (Lipinski definition) is 5. The molecule has 0 radical (unpaired) electrons. The molecule has 0 unspecified atom stereocenters. The molecule has 0 saturated heterocycles. The van der Waals surface area contributed by atoms with Gasteiger partial charge >= 0.3 is 0 Å². The minimum atomic E-state index is 0.164. The maximum Gasteiger partial charge on any atom is 0.206 e. The van der Waals surface area contributed by atoms with Crippen molar-refractivity contribution in [3.8, 4) is 17.2 Å². The lowest BCUT2D eigenvalue weighted by molar-refractivity contribution is 0.474. The highest BCUT2D eigenvalue weighted by Gasteiger charge is 2.09. The van der Waals surface area contributed by atoms with Gasteiger partial charge in [-0.25, -0.2) is 4.68 Å². The van der Waals surface area contributed by atoms with Crippen molar-refractivity contribution in [2.24, 2.45) is 10.1 Å². The van der Waals surface area contributed by atoms with E-state index in [4.69, 9.17) is 4.42 Å². The van der Waals surface area contributed by atoms with Crippen LogP contribution in [0.2, 0.25) is 0 Å². The highest BCUT2D eigenvalue weighted by molar-refractivity contribution is 9.10. The van der Waals surface area contributed by atoms with Crippen LogP contribution in [-0.2, 0) is 0 Å². The smallest absolute Gasteiger partial charge is 0.206 e. The molecule has 3 aromatic rings. The van der Waals surface area contributed by atoms with E-state index >= 15 is 0 Å². The molecule has 0 bridgehead atoms. The lowest BCUT2D eigenvalue weighted by atomic mass is 10.2. The van der Waals surface area contributed by atoms with Gasteiger partial charge in [-0.05, 0) is 30.3 Å². The maximum absolute atomic E-state index is 9.88. The van der Waals surface area contributed by atoms with E-state index < -0.39 is 0 Å². The van der Waals surface area contributed by atoms with E-state index in [9.17, 15) is 5.11 Å². The Morgan fingerprint density at radius 2 is 2.23 bits per heavy atom. The average molecular weight is 378 g/mol. The summed E-state index contributed by atoms with van der Waals surface area (Å²) in [4.78, 5) is 4.94. The highest BCUT2D eigenvalue weighted by atomic mass is 79.9. The zero-order valence-electron chi connectivity index (χ0n) is 11.6. The molecule has 2 heterocycles. The predicted molar refractivity (Wildman–Crippen MR) is 90.3 cm³/mol. The molecule has 0 fully saturated rings. The summed E-state index contributed by atoms with van der Waals surface area (Å²) >= 11 is 4.85. The topological polar surface area (TPSA) is 63.0 Å². The average Bonchev–Trinajstić information content (AvgIpc) is 3.16. The molecule has 3 rings (SSSR count). The summed E-state index contributed by atoms with van der Waals surface area (Å²) in [7, 11) is 1.71. The fourth-order valence-electron chi connectivity index (χ4n) is 1.91. The number of rotatable bonds is 3. The van der Waals surface area contributed by atoms with Crippen LogP contribution >= 0.6 is 27.3 Å². The molecule has 0 spiro atoms. The maximum atomic E-state index is 9.88. The second kappa shape index (κ2) is 6.33. The lowest BCUT2D eigenvalue weighted by Gasteiger charge is -2.02. The monoisotopic (exact) mass is 377 g/mol. The number of phenolic OH excluding ortho intramolecular Hbond substituents is 1. The van der Waals surface area contributed by atoms with E-state index in [0.29, 0.717) is 11.3 Å². The first-order valence-electron chi connectivity index (χ1n) is 6.39. The molecule has 22 heavy (non-hydrogen) atoms. The Morgan fingerprint density at radius 3 is 2.95 bits per heavy atom. The van der Waals surface area contributed by atoms with Crippen LogP contribution in [0.5, 0.6) is 5.75 Å². The quantitative estimate of drug-likeness (QED) is 0.707. The van der Waals surface area contributed by atoms with Crippen molar-refractivity contribution in [1.82, 2.24) is 4.68 Å². The third-order valence-electron chi connectivity index (χ3n) is 2.95. The van der Waals surface area contributed by atoms with Crippen LogP contribution in [0.15, 0.2) is 61.0 Å². The minimum Gasteiger partial charge on any atom is -0.507 e. The summed E-state index contributed by atoms with van der Waals surface area (Å²) in [5, 5.41) is 16.2. The Balaban J connectivity index is 2.07. The van der Waals surface area contributed by atoms with Gasteiger partial charge in [-0.3, -0.25) is 4.99 Å². The van der Waals surface area contributed by atoms with Gasteiger partial charge in [0.2, 0.25) is 4.80 Å². The van der Waals surface area contributed by atoms with Crippen LogP contribution in [0.1, 0.15) is 5.56 Å². The molecular formula is C15H12BrN3O2S. The van der Waals surface area contributed by atoms with Crippen LogP contribution in [0.3, 0.4) is 0 Å². The number of aromatic hydroxyl groups is 1. The van der Waals surface area contributed by atoms with Crippen LogP contribution in [0.25, 0.3) is 11.5 Å². The number of nitrogens with zero attached hydrogens (tertiary/aromatic N) is 3. The van der Waals surface area contributed by atoms with Gasteiger partial charge in [0.05, 0.1) is 12.5 Å². The standard InChI is InChI=1S/C15H12BrN3O2S/c1-17-15-19(12(9-22-15)14-3-2-6-21-14)18-8-10-7-11(16)4-5-13(10)20/h2-9,20H,1H3. The van der Waals surface area contributed by atoms with E-state index in [1.54, 1.807) is 42.4 Å². The van der Waals surface area contributed by atoms with Crippen molar-refractivity contribution >= 4 is 33.5 Å². The second-order valence-corrected chi connectivity index (χ2v) is 6.12. The van der Waals surface area contributed by atoms with E-state index in [-0.39, 0.29) is 5.75 Å². The van der Waals surface area contributed by atoms with Crippen molar-refractivity contribution in [3.05, 3.63) is 56.8 Å². The molecule has 7 heteroatoms. The van der Waals surface area contributed by atoms with Crippen molar-refractivity contribution in [1.29, 1.82) is 0 Å². The molecule has 2 aromatic heterocycles. The molecule has 0 aliphatic carbocycles. The van der Waals surface area contributed by atoms with Gasteiger partial charge in [0.25, 0.3) is 0 Å². The molecule has 0 aliphatic rings. The summed E-state index contributed by atoms with van der Waals surface area (Å²) in [6, 6.07) is 8.86. The van der Waals surface area contributed by atoms with Crippen LogP contribution in [-0.4, -0.2) is 23.0 Å². The second-order valence-electron chi connectivity index (χ2n) is 4.36. The minimum absolute atomic E-state index is 0.164. The molecule has 1 aromatic carbocycles. The summed E-state index contributed by atoms with van der Waals surface area (Å²) in [6.45, 7) is 0. The number of thiazole rings is 1. The zero-order chi connectivity index (χ0) is 15.5. The molecule has 0 amide bonds. The van der Waals surface area contributed by atoms with Crippen molar-refractivity contribution in [3.63, 3.8) is 0 Å². The summed E-state index contributed by atoms with van der Waals surface area (Å²) < 4.78 is 7.98. The van der Waals surface area contributed by atoms with Gasteiger partial charge in [0.15, 0.2) is 5.76 Å². The third kappa shape index (κ3) is 2.90. The third-order valence-corrected chi connectivity index (χ3v) is 4.35. The van der Waals surface area contributed by atoms with Gasteiger partial charge in [-0.2, -0.15) is 5.10 Å². The van der Waals surface area contributed by atoms with E-state index in [0.717, 1.165) is 15.0 Å². The highest BCUT2D eigenvalue weighted by Crippen LogP contribution is 2.22.